The molecule has 1 aliphatic heterocycles. The zero-order valence-electron chi connectivity index (χ0n) is 15.5. The standard InChI is InChI=1S/C19H22N4O5/c1-13-11-16(22-28-13)21-19(26)18(25)20-12-14-6-8-23(9-7-14)17(24)5-4-15-3-2-10-27-15/h2-5,10-11,14H,6-9,12H2,1H3,(H,20,25)(H,21,22,26)/b5-4+. The molecule has 0 aliphatic carbocycles. The van der Waals surface area contributed by atoms with Gasteiger partial charge in [0.05, 0.1) is 6.26 Å². The van der Waals surface area contributed by atoms with E-state index in [-0.39, 0.29) is 17.6 Å². The van der Waals surface area contributed by atoms with Gasteiger partial charge >= 0.3 is 11.8 Å². The molecule has 3 rings (SSSR count). The van der Waals surface area contributed by atoms with E-state index in [0.717, 1.165) is 12.8 Å². The van der Waals surface area contributed by atoms with Crippen molar-refractivity contribution in [3.63, 3.8) is 0 Å². The summed E-state index contributed by atoms with van der Waals surface area (Å²) >= 11 is 0. The fraction of sp³-hybridized carbons (Fsp3) is 0.368. The van der Waals surface area contributed by atoms with Gasteiger partial charge in [0.1, 0.15) is 11.5 Å². The van der Waals surface area contributed by atoms with Crippen LogP contribution in [0.3, 0.4) is 0 Å². The Morgan fingerprint density at radius 2 is 2.07 bits per heavy atom. The van der Waals surface area contributed by atoms with Crippen molar-refractivity contribution in [2.75, 3.05) is 25.0 Å². The number of nitrogens with zero attached hydrogens (tertiary/aromatic N) is 2. The Labute approximate surface area is 161 Å². The number of anilines is 1. The average Bonchev–Trinajstić information content (AvgIpc) is 3.36. The lowest BCUT2D eigenvalue weighted by Gasteiger charge is -2.31. The molecular weight excluding hydrogens is 364 g/mol. The third-order valence-electron chi connectivity index (χ3n) is 4.49. The molecule has 0 atom stereocenters. The Balaban J connectivity index is 1.37. The summed E-state index contributed by atoms with van der Waals surface area (Å²) in [6.45, 7) is 3.28. The van der Waals surface area contributed by atoms with Crippen molar-refractivity contribution in [3.8, 4) is 0 Å². The molecule has 0 bridgehead atoms. The normalized spacial score (nSPS) is 15.0. The topological polar surface area (TPSA) is 118 Å². The highest BCUT2D eigenvalue weighted by Gasteiger charge is 2.23. The summed E-state index contributed by atoms with van der Waals surface area (Å²) in [6, 6.07) is 5.06. The number of aryl methyl sites for hydroxylation is 1. The second-order valence-electron chi connectivity index (χ2n) is 6.60. The average molecular weight is 386 g/mol. The summed E-state index contributed by atoms with van der Waals surface area (Å²) in [6.07, 6.45) is 6.20. The number of nitrogens with one attached hydrogen (secondary N) is 2. The lowest BCUT2D eigenvalue weighted by Crippen LogP contribution is -2.43. The highest BCUT2D eigenvalue weighted by atomic mass is 16.5. The van der Waals surface area contributed by atoms with Gasteiger partial charge in [0, 0.05) is 31.8 Å². The van der Waals surface area contributed by atoms with Crippen molar-refractivity contribution in [2.24, 2.45) is 5.92 Å². The molecular formula is C19H22N4O5. The van der Waals surface area contributed by atoms with E-state index in [2.05, 4.69) is 15.8 Å². The molecule has 9 nitrogen and oxygen atoms in total. The van der Waals surface area contributed by atoms with Gasteiger partial charge in [-0.2, -0.15) is 0 Å². The number of carbonyl (C=O) groups excluding carboxylic acids is 3. The SMILES string of the molecule is Cc1cc(NC(=O)C(=O)NCC2CCN(C(=O)/C=C/c3ccco3)CC2)no1. The molecule has 3 heterocycles. The fourth-order valence-corrected chi connectivity index (χ4v) is 2.92. The molecule has 28 heavy (non-hydrogen) atoms. The number of likely N-dealkylation sites (tertiary alicyclic amines) is 1. The van der Waals surface area contributed by atoms with Gasteiger partial charge in [-0.05, 0) is 43.9 Å². The van der Waals surface area contributed by atoms with Gasteiger partial charge in [0.25, 0.3) is 0 Å². The van der Waals surface area contributed by atoms with E-state index in [1.54, 1.807) is 36.3 Å². The zero-order valence-corrected chi connectivity index (χ0v) is 15.5. The van der Waals surface area contributed by atoms with Crippen LogP contribution >= 0.6 is 0 Å². The van der Waals surface area contributed by atoms with Gasteiger partial charge in [0.15, 0.2) is 5.82 Å². The maximum absolute atomic E-state index is 12.2. The van der Waals surface area contributed by atoms with Crippen LogP contribution in [-0.2, 0) is 14.4 Å². The summed E-state index contributed by atoms with van der Waals surface area (Å²) in [5.74, 6) is 0.00272. The highest BCUT2D eigenvalue weighted by molar-refractivity contribution is 6.39. The molecule has 1 aliphatic rings. The van der Waals surface area contributed by atoms with E-state index in [4.69, 9.17) is 8.94 Å². The van der Waals surface area contributed by atoms with Crippen molar-refractivity contribution in [1.29, 1.82) is 0 Å². The quantitative estimate of drug-likeness (QED) is 0.595. The zero-order chi connectivity index (χ0) is 19.9. The van der Waals surface area contributed by atoms with Gasteiger partial charge in [-0.1, -0.05) is 5.16 Å². The van der Waals surface area contributed by atoms with Crippen molar-refractivity contribution in [2.45, 2.75) is 19.8 Å². The van der Waals surface area contributed by atoms with Crippen LogP contribution in [0, 0.1) is 12.8 Å². The molecule has 2 aromatic heterocycles. The van der Waals surface area contributed by atoms with Crippen LogP contribution < -0.4 is 10.6 Å². The van der Waals surface area contributed by atoms with Crippen LogP contribution in [0.15, 0.2) is 39.5 Å². The molecule has 1 saturated heterocycles. The van der Waals surface area contributed by atoms with Crippen molar-refractivity contribution in [3.05, 3.63) is 42.1 Å². The van der Waals surface area contributed by atoms with E-state index in [1.165, 1.54) is 12.1 Å². The van der Waals surface area contributed by atoms with Gasteiger partial charge < -0.3 is 19.2 Å². The summed E-state index contributed by atoms with van der Waals surface area (Å²) in [7, 11) is 0. The molecule has 0 aromatic carbocycles. The molecule has 9 heteroatoms. The molecule has 0 saturated carbocycles. The van der Waals surface area contributed by atoms with Crippen LogP contribution in [0.2, 0.25) is 0 Å². The first-order valence-electron chi connectivity index (χ1n) is 9.04. The molecule has 2 N–H and O–H groups in total. The molecule has 2 aromatic rings. The number of hydrogen-bond donors (Lipinski definition) is 2. The Kier molecular flexibility index (Phi) is 6.25. The highest BCUT2D eigenvalue weighted by Crippen LogP contribution is 2.17. The number of hydrogen-bond acceptors (Lipinski definition) is 6. The van der Waals surface area contributed by atoms with Gasteiger partial charge in [-0.15, -0.1) is 0 Å². The predicted molar refractivity (Wildman–Crippen MR) is 99.9 cm³/mol. The Morgan fingerprint density at radius 3 is 2.71 bits per heavy atom. The summed E-state index contributed by atoms with van der Waals surface area (Å²) in [5, 5.41) is 8.61. The van der Waals surface area contributed by atoms with E-state index >= 15 is 0 Å². The van der Waals surface area contributed by atoms with E-state index in [1.807, 2.05) is 0 Å². The Bertz CT molecular complexity index is 848. The Hall–Kier alpha value is -3.36. The Morgan fingerprint density at radius 1 is 1.29 bits per heavy atom. The number of rotatable bonds is 5. The molecule has 3 amide bonds. The van der Waals surface area contributed by atoms with Crippen LogP contribution in [0.4, 0.5) is 5.82 Å². The molecule has 1 fully saturated rings. The number of amides is 3. The van der Waals surface area contributed by atoms with E-state index in [9.17, 15) is 14.4 Å². The molecule has 148 valence electrons. The maximum atomic E-state index is 12.2. The minimum Gasteiger partial charge on any atom is -0.465 e. The number of aromatic nitrogens is 1. The van der Waals surface area contributed by atoms with Gasteiger partial charge in [-0.3, -0.25) is 19.7 Å². The van der Waals surface area contributed by atoms with E-state index < -0.39 is 11.8 Å². The lowest BCUT2D eigenvalue weighted by molar-refractivity contribution is -0.136. The van der Waals surface area contributed by atoms with Crippen molar-refractivity contribution < 1.29 is 23.3 Å². The summed E-state index contributed by atoms with van der Waals surface area (Å²) in [4.78, 5) is 37.7. The number of carbonyl (C=O) groups is 3. The van der Waals surface area contributed by atoms with Gasteiger partial charge in [-0.25, -0.2) is 0 Å². The third kappa shape index (κ3) is 5.32. The van der Waals surface area contributed by atoms with E-state index in [0.29, 0.717) is 31.2 Å². The lowest BCUT2D eigenvalue weighted by atomic mass is 9.96. The van der Waals surface area contributed by atoms with Crippen LogP contribution in [-0.4, -0.2) is 47.4 Å². The first kappa shape index (κ1) is 19.4. The largest absolute Gasteiger partial charge is 0.465 e. The first-order chi connectivity index (χ1) is 13.5. The van der Waals surface area contributed by atoms with Crippen LogP contribution in [0.5, 0.6) is 0 Å². The van der Waals surface area contributed by atoms with Crippen LogP contribution in [0.1, 0.15) is 24.4 Å². The molecule has 0 spiro atoms. The van der Waals surface area contributed by atoms with Gasteiger partial charge in [0.2, 0.25) is 5.91 Å². The monoisotopic (exact) mass is 386 g/mol. The third-order valence-corrected chi connectivity index (χ3v) is 4.49. The molecule has 0 radical (unpaired) electrons. The minimum atomic E-state index is -0.788. The summed E-state index contributed by atoms with van der Waals surface area (Å²) in [5.41, 5.74) is 0. The fourth-order valence-electron chi connectivity index (χ4n) is 2.92. The predicted octanol–water partition coefficient (Wildman–Crippen LogP) is 1.58. The van der Waals surface area contributed by atoms with Crippen LogP contribution in [0.25, 0.3) is 6.08 Å². The smallest absolute Gasteiger partial charge is 0.314 e. The summed E-state index contributed by atoms with van der Waals surface area (Å²) < 4.78 is 9.99. The second-order valence-corrected chi connectivity index (χ2v) is 6.60. The second kappa shape index (κ2) is 9.03. The minimum absolute atomic E-state index is 0.0684. The van der Waals surface area contributed by atoms with Crippen molar-refractivity contribution >= 4 is 29.6 Å². The maximum Gasteiger partial charge on any atom is 0.314 e. The molecule has 0 unspecified atom stereocenters. The number of piperidine rings is 1. The first-order valence-corrected chi connectivity index (χ1v) is 9.04. The number of furan rings is 1. The van der Waals surface area contributed by atoms with Crippen molar-refractivity contribution in [1.82, 2.24) is 15.4 Å².